The van der Waals surface area contributed by atoms with Gasteiger partial charge < -0.3 is 0 Å². The van der Waals surface area contributed by atoms with Gasteiger partial charge in [-0.1, -0.05) is 49.2 Å². The Hall–Kier alpha value is -1.14. The number of rotatable bonds is 5. The predicted octanol–water partition coefficient (Wildman–Crippen LogP) is 4.39. The van der Waals surface area contributed by atoms with Crippen molar-refractivity contribution < 1.29 is 12.8 Å². The number of hydrogen-bond acceptors (Lipinski definition) is 2. The summed E-state index contributed by atoms with van der Waals surface area (Å²) >= 11 is 11.7. The van der Waals surface area contributed by atoms with E-state index in [0.29, 0.717) is 0 Å². The molecule has 124 valence electrons. The fraction of sp³-hybridized carbons (Fsp3) is 0.250. The van der Waals surface area contributed by atoms with Crippen LogP contribution >= 0.6 is 23.2 Å². The molecule has 0 saturated heterocycles. The zero-order chi connectivity index (χ0) is 17.3. The van der Waals surface area contributed by atoms with Crippen molar-refractivity contribution >= 4 is 33.2 Å². The molecule has 0 unspecified atom stereocenters. The first kappa shape index (κ1) is 18.2. The van der Waals surface area contributed by atoms with Crippen LogP contribution < -0.4 is 4.72 Å². The molecule has 2 aromatic carbocycles. The van der Waals surface area contributed by atoms with Crippen molar-refractivity contribution in [2.24, 2.45) is 0 Å². The standard InChI is InChI=1S/C16H16Cl2FNO2S/c1-16(2,11-3-5-12(19)6-4-11)10-20-23(21,22)13-7-8-14(17)15(18)9-13/h3-9,20H,10H2,1-2H3. The lowest BCUT2D eigenvalue weighted by molar-refractivity contribution is 0.500. The lowest BCUT2D eigenvalue weighted by atomic mass is 9.85. The fourth-order valence-corrected chi connectivity index (χ4v) is 3.61. The summed E-state index contributed by atoms with van der Waals surface area (Å²) in [6.07, 6.45) is 0. The maximum Gasteiger partial charge on any atom is 0.240 e. The van der Waals surface area contributed by atoms with Crippen LogP contribution in [0.4, 0.5) is 4.39 Å². The Bertz CT molecular complexity index is 805. The summed E-state index contributed by atoms with van der Waals surface area (Å²) in [5.41, 5.74) is 0.326. The first-order chi connectivity index (χ1) is 10.6. The minimum absolute atomic E-state index is 0.0433. The average Bonchev–Trinajstić information content (AvgIpc) is 2.48. The van der Waals surface area contributed by atoms with E-state index >= 15 is 0 Å². The largest absolute Gasteiger partial charge is 0.240 e. The van der Waals surface area contributed by atoms with Gasteiger partial charge in [-0.2, -0.15) is 0 Å². The second-order valence-electron chi connectivity index (χ2n) is 5.79. The van der Waals surface area contributed by atoms with Crippen LogP contribution in [0.15, 0.2) is 47.4 Å². The van der Waals surface area contributed by atoms with Gasteiger partial charge in [0.25, 0.3) is 0 Å². The van der Waals surface area contributed by atoms with Gasteiger partial charge in [-0.15, -0.1) is 0 Å². The number of benzene rings is 2. The van der Waals surface area contributed by atoms with Crippen LogP contribution in [0.2, 0.25) is 10.0 Å². The van der Waals surface area contributed by atoms with Gasteiger partial charge >= 0.3 is 0 Å². The highest BCUT2D eigenvalue weighted by Gasteiger charge is 2.24. The third kappa shape index (κ3) is 4.44. The molecule has 0 saturated carbocycles. The highest BCUT2D eigenvalue weighted by Crippen LogP contribution is 2.26. The summed E-state index contributed by atoms with van der Waals surface area (Å²) in [5, 5.41) is 0.463. The summed E-state index contributed by atoms with van der Waals surface area (Å²) in [6, 6.07) is 10.1. The minimum Gasteiger partial charge on any atom is -0.210 e. The molecule has 1 N–H and O–H groups in total. The van der Waals surface area contributed by atoms with E-state index in [1.54, 1.807) is 12.1 Å². The Morgan fingerprint density at radius 3 is 2.22 bits per heavy atom. The molecule has 0 aliphatic rings. The zero-order valence-corrected chi connectivity index (χ0v) is 14.9. The number of hydrogen-bond donors (Lipinski definition) is 1. The van der Waals surface area contributed by atoms with Crippen molar-refractivity contribution in [3.05, 3.63) is 63.9 Å². The molecule has 0 bridgehead atoms. The summed E-state index contributed by atoms with van der Waals surface area (Å²) in [5.74, 6) is -0.332. The molecule has 23 heavy (non-hydrogen) atoms. The predicted molar refractivity (Wildman–Crippen MR) is 91.1 cm³/mol. The van der Waals surface area contributed by atoms with E-state index in [4.69, 9.17) is 23.2 Å². The van der Waals surface area contributed by atoms with Crippen molar-refractivity contribution in [1.82, 2.24) is 4.72 Å². The van der Waals surface area contributed by atoms with Gasteiger partial charge in [-0.05, 0) is 35.9 Å². The number of sulfonamides is 1. The topological polar surface area (TPSA) is 46.2 Å². The molecule has 0 aliphatic carbocycles. The van der Waals surface area contributed by atoms with Crippen LogP contribution in [0.5, 0.6) is 0 Å². The second kappa shape index (κ2) is 6.77. The molecule has 2 rings (SSSR count). The molecule has 2 aromatic rings. The van der Waals surface area contributed by atoms with E-state index in [1.165, 1.54) is 30.3 Å². The molecule has 0 spiro atoms. The average molecular weight is 376 g/mol. The Labute approximate surface area is 145 Å². The molecule has 0 atom stereocenters. The Balaban J connectivity index is 2.17. The first-order valence-electron chi connectivity index (χ1n) is 6.83. The van der Waals surface area contributed by atoms with Crippen molar-refractivity contribution in [3.63, 3.8) is 0 Å². The van der Waals surface area contributed by atoms with Gasteiger partial charge in [0.2, 0.25) is 10.0 Å². The lowest BCUT2D eigenvalue weighted by Crippen LogP contribution is -2.36. The molecule has 7 heteroatoms. The van der Waals surface area contributed by atoms with Crippen molar-refractivity contribution in [3.8, 4) is 0 Å². The number of nitrogens with one attached hydrogen (secondary N) is 1. The van der Waals surface area contributed by atoms with Gasteiger partial charge in [0.1, 0.15) is 5.82 Å². The van der Waals surface area contributed by atoms with Crippen LogP contribution in [-0.2, 0) is 15.4 Å². The van der Waals surface area contributed by atoms with Crippen molar-refractivity contribution in [2.45, 2.75) is 24.2 Å². The Morgan fingerprint density at radius 2 is 1.65 bits per heavy atom. The van der Waals surface area contributed by atoms with Crippen LogP contribution in [0.25, 0.3) is 0 Å². The number of halogens is 3. The SMILES string of the molecule is CC(C)(CNS(=O)(=O)c1ccc(Cl)c(Cl)c1)c1ccc(F)cc1. The highest BCUT2D eigenvalue weighted by atomic mass is 35.5. The Morgan fingerprint density at radius 1 is 1.04 bits per heavy atom. The van der Waals surface area contributed by atoms with Crippen LogP contribution in [0.1, 0.15) is 19.4 Å². The monoisotopic (exact) mass is 375 g/mol. The molecule has 0 aliphatic heterocycles. The van der Waals surface area contributed by atoms with Gasteiger partial charge in [-0.3, -0.25) is 0 Å². The molecule has 0 radical (unpaired) electrons. The summed E-state index contributed by atoms with van der Waals surface area (Å²) in [6.45, 7) is 3.90. The zero-order valence-electron chi connectivity index (χ0n) is 12.6. The molecule has 3 nitrogen and oxygen atoms in total. The third-order valence-electron chi connectivity index (χ3n) is 3.53. The van der Waals surface area contributed by atoms with E-state index < -0.39 is 15.4 Å². The minimum atomic E-state index is -3.72. The van der Waals surface area contributed by atoms with E-state index in [0.717, 1.165) is 5.56 Å². The van der Waals surface area contributed by atoms with E-state index in [2.05, 4.69) is 4.72 Å². The van der Waals surface area contributed by atoms with Crippen LogP contribution in [0, 0.1) is 5.82 Å². The van der Waals surface area contributed by atoms with Gasteiger partial charge in [0, 0.05) is 12.0 Å². The molecule has 0 fully saturated rings. The highest BCUT2D eigenvalue weighted by molar-refractivity contribution is 7.89. The molecule has 0 heterocycles. The molecule has 0 amide bonds. The summed E-state index contributed by atoms with van der Waals surface area (Å²) in [7, 11) is -3.72. The van der Waals surface area contributed by atoms with Crippen LogP contribution in [-0.4, -0.2) is 15.0 Å². The van der Waals surface area contributed by atoms with Crippen LogP contribution in [0.3, 0.4) is 0 Å². The quantitative estimate of drug-likeness (QED) is 0.842. The van der Waals surface area contributed by atoms with Gasteiger partial charge in [-0.25, -0.2) is 17.5 Å². The first-order valence-corrected chi connectivity index (χ1v) is 9.06. The van der Waals surface area contributed by atoms with Gasteiger partial charge in [0.05, 0.1) is 14.9 Å². The third-order valence-corrected chi connectivity index (χ3v) is 5.67. The second-order valence-corrected chi connectivity index (χ2v) is 8.37. The molecular weight excluding hydrogens is 360 g/mol. The Kier molecular flexibility index (Phi) is 5.36. The molecule has 0 aromatic heterocycles. The smallest absolute Gasteiger partial charge is 0.210 e. The van der Waals surface area contributed by atoms with E-state index in [9.17, 15) is 12.8 Å². The van der Waals surface area contributed by atoms with Gasteiger partial charge in [0.15, 0.2) is 0 Å². The fourth-order valence-electron chi connectivity index (χ4n) is 2.01. The maximum atomic E-state index is 13.0. The maximum absolute atomic E-state index is 13.0. The van der Waals surface area contributed by atoms with Crippen molar-refractivity contribution in [1.29, 1.82) is 0 Å². The molecular formula is C16H16Cl2FNO2S. The van der Waals surface area contributed by atoms with E-state index in [-0.39, 0.29) is 27.3 Å². The van der Waals surface area contributed by atoms with Crippen molar-refractivity contribution in [2.75, 3.05) is 6.54 Å². The lowest BCUT2D eigenvalue weighted by Gasteiger charge is -2.25. The normalized spacial score (nSPS) is 12.4. The summed E-state index contributed by atoms with van der Waals surface area (Å²) in [4.78, 5) is 0.0433. The van der Waals surface area contributed by atoms with E-state index in [1.807, 2.05) is 13.8 Å². The summed E-state index contributed by atoms with van der Waals surface area (Å²) < 4.78 is 40.3.